The molecule has 0 saturated carbocycles. The van der Waals surface area contributed by atoms with Gasteiger partial charge in [0.1, 0.15) is 17.3 Å². The van der Waals surface area contributed by atoms with Crippen LogP contribution >= 0.6 is 11.6 Å². The smallest absolute Gasteiger partial charge is 0.295 e. The van der Waals surface area contributed by atoms with E-state index in [0.717, 1.165) is 0 Å². The van der Waals surface area contributed by atoms with Crippen LogP contribution in [0, 0.1) is 0 Å². The lowest BCUT2D eigenvalue weighted by atomic mass is 9.95. The molecule has 0 radical (unpaired) electrons. The molecule has 34 heavy (non-hydrogen) atoms. The lowest BCUT2D eigenvalue weighted by Gasteiger charge is -2.25. The van der Waals surface area contributed by atoms with Crippen molar-refractivity contribution in [3.05, 3.63) is 82.9 Å². The number of Topliss-reactive ketones (excluding diaryl/α,β-unsaturated/α-hetero) is 1. The van der Waals surface area contributed by atoms with Crippen molar-refractivity contribution in [2.75, 3.05) is 20.8 Å². The second-order valence-corrected chi connectivity index (χ2v) is 8.18. The Morgan fingerprint density at radius 3 is 2.47 bits per heavy atom. The van der Waals surface area contributed by atoms with Crippen LogP contribution in [-0.2, 0) is 16.1 Å². The van der Waals surface area contributed by atoms with Crippen LogP contribution in [0.1, 0.15) is 23.6 Å². The van der Waals surface area contributed by atoms with E-state index < -0.39 is 17.7 Å². The Morgan fingerprint density at radius 1 is 1.09 bits per heavy atom. The number of halogens is 1. The number of ketones is 1. The normalized spacial score (nSPS) is 17.3. The molecule has 1 N–H and O–H groups in total. The molecular formula is C25H24ClN3O5. The Morgan fingerprint density at radius 2 is 1.85 bits per heavy atom. The molecule has 1 aliphatic rings. The van der Waals surface area contributed by atoms with Gasteiger partial charge in [0.05, 0.1) is 37.2 Å². The molecule has 9 heteroatoms. The third-order valence-corrected chi connectivity index (χ3v) is 6.07. The molecule has 1 saturated heterocycles. The van der Waals surface area contributed by atoms with Gasteiger partial charge in [0.15, 0.2) is 0 Å². The summed E-state index contributed by atoms with van der Waals surface area (Å²) in [7, 11) is 3.05. The van der Waals surface area contributed by atoms with Crippen molar-refractivity contribution in [2.45, 2.75) is 19.0 Å². The number of hydrogen-bond donors (Lipinski definition) is 1. The summed E-state index contributed by atoms with van der Waals surface area (Å²) in [5.74, 6) is -0.617. The SMILES string of the molecule is COc1ccc([C@H]2/C(=C(\O)c3ccc(OC)c(Cl)c3)C(=O)C(=O)N2CCCn2ccnc2)cc1. The van der Waals surface area contributed by atoms with Gasteiger partial charge in [0.25, 0.3) is 11.7 Å². The number of methoxy groups -OCH3 is 2. The molecule has 1 aromatic heterocycles. The Bertz CT molecular complexity index is 1220. The number of likely N-dealkylation sites (tertiary alicyclic amines) is 1. The number of benzene rings is 2. The Hall–Kier alpha value is -3.78. The highest BCUT2D eigenvalue weighted by molar-refractivity contribution is 6.46. The van der Waals surface area contributed by atoms with Gasteiger partial charge in [-0.25, -0.2) is 4.98 Å². The molecule has 2 aromatic carbocycles. The number of nitrogens with zero attached hydrogens (tertiary/aromatic N) is 3. The van der Waals surface area contributed by atoms with Crippen LogP contribution in [0.25, 0.3) is 5.76 Å². The van der Waals surface area contributed by atoms with Gasteiger partial charge < -0.3 is 24.0 Å². The minimum atomic E-state index is -0.755. The Labute approximate surface area is 202 Å². The molecule has 1 aliphatic heterocycles. The molecule has 0 spiro atoms. The quantitative estimate of drug-likeness (QED) is 0.296. The Balaban J connectivity index is 1.74. The molecular weight excluding hydrogens is 458 g/mol. The lowest BCUT2D eigenvalue weighted by Crippen LogP contribution is -2.31. The minimum Gasteiger partial charge on any atom is -0.507 e. The molecule has 0 bridgehead atoms. The van der Waals surface area contributed by atoms with Crippen LogP contribution < -0.4 is 9.47 Å². The number of rotatable bonds is 8. The predicted molar refractivity (Wildman–Crippen MR) is 127 cm³/mol. The van der Waals surface area contributed by atoms with Crippen molar-refractivity contribution in [1.29, 1.82) is 0 Å². The van der Waals surface area contributed by atoms with E-state index in [1.54, 1.807) is 56.0 Å². The number of ether oxygens (including phenoxy) is 2. The van der Waals surface area contributed by atoms with Gasteiger partial charge in [0, 0.05) is 31.0 Å². The van der Waals surface area contributed by atoms with Crippen LogP contribution in [0.2, 0.25) is 5.02 Å². The van der Waals surface area contributed by atoms with E-state index >= 15 is 0 Å². The van der Waals surface area contributed by atoms with Crippen molar-refractivity contribution in [1.82, 2.24) is 14.5 Å². The lowest BCUT2D eigenvalue weighted by molar-refractivity contribution is -0.139. The number of carbonyl (C=O) groups is 2. The fraction of sp³-hybridized carbons (Fsp3) is 0.240. The highest BCUT2D eigenvalue weighted by atomic mass is 35.5. The van der Waals surface area contributed by atoms with Crippen molar-refractivity contribution in [2.24, 2.45) is 0 Å². The number of aliphatic hydroxyl groups is 1. The average Bonchev–Trinajstić information content (AvgIpc) is 3.46. The van der Waals surface area contributed by atoms with Crippen molar-refractivity contribution >= 4 is 29.1 Å². The number of amides is 1. The highest BCUT2D eigenvalue weighted by Crippen LogP contribution is 2.40. The van der Waals surface area contributed by atoms with Crippen LogP contribution in [0.15, 0.2) is 66.8 Å². The van der Waals surface area contributed by atoms with Gasteiger partial charge in [0.2, 0.25) is 0 Å². The maximum absolute atomic E-state index is 13.1. The molecule has 0 aliphatic carbocycles. The first-order chi connectivity index (χ1) is 16.4. The van der Waals surface area contributed by atoms with Gasteiger partial charge >= 0.3 is 0 Å². The summed E-state index contributed by atoms with van der Waals surface area (Å²) in [6, 6.07) is 11.0. The maximum atomic E-state index is 13.1. The molecule has 3 aromatic rings. The highest BCUT2D eigenvalue weighted by Gasteiger charge is 2.45. The van der Waals surface area contributed by atoms with E-state index in [2.05, 4.69) is 4.98 Å². The minimum absolute atomic E-state index is 0.0130. The van der Waals surface area contributed by atoms with Crippen molar-refractivity contribution in [3.63, 3.8) is 0 Å². The van der Waals surface area contributed by atoms with Gasteiger partial charge in [-0.2, -0.15) is 0 Å². The van der Waals surface area contributed by atoms with E-state index in [4.69, 9.17) is 21.1 Å². The number of hydrogen-bond acceptors (Lipinski definition) is 6. The van der Waals surface area contributed by atoms with E-state index in [1.807, 2.05) is 10.8 Å². The van der Waals surface area contributed by atoms with Gasteiger partial charge in [-0.3, -0.25) is 9.59 Å². The van der Waals surface area contributed by atoms with Crippen molar-refractivity contribution < 1.29 is 24.2 Å². The first-order valence-electron chi connectivity index (χ1n) is 10.7. The summed E-state index contributed by atoms with van der Waals surface area (Å²) in [5, 5.41) is 11.4. The summed E-state index contributed by atoms with van der Waals surface area (Å²) in [6.45, 7) is 0.950. The average molecular weight is 482 g/mol. The number of carbonyl (C=O) groups excluding carboxylic acids is 2. The number of aromatic nitrogens is 2. The topological polar surface area (TPSA) is 93.9 Å². The summed E-state index contributed by atoms with van der Waals surface area (Å²) in [4.78, 5) is 31.7. The zero-order valence-corrected chi connectivity index (χ0v) is 19.5. The monoisotopic (exact) mass is 481 g/mol. The zero-order valence-electron chi connectivity index (χ0n) is 18.8. The second kappa shape index (κ2) is 10.0. The molecule has 4 rings (SSSR count). The van der Waals surface area contributed by atoms with E-state index in [1.165, 1.54) is 18.1 Å². The molecule has 1 amide bonds. The van der Waals surface area contributed by atoms with Crippen molar-refractivity contribution in [3.8, 4) is 11.5 Å². The van der Waals surface area contributed by atoms with Gasteiger partial charge in [-0.15, -0.1) is 0 Å². The standard InChI is InChI=1S/C25H24ClN3O5/c1-33-18-7-4-16(5-8-18)22-21(23(30)17-6-9-20(34-2)19(26)14-17)24(31)25(32)29(22)12-3-11-28-13-10-27-15-28/h4-10,13-15,22,30H,3,11-12H2,1-2H3/b23-21+/t22-/m0/s1. The fourth-order valence-corrected chi connectivity index (χ4v) is 4.31. The van der Waals surface area contributed by atoms with E-state index in [9.17, 15) is 14.7 Å². The molecule has 2 heterocycles. The maximum Gasteiger partial charge on any atom is 0.295 e. The fourth-order valence-electron chi connectivity index (χ4n) is 4.06. The summed E-state index contributed by atoms with van der Waals surface area (Å²) >= 11 is 6.24. The third kappa shape index (κ3) is 4.49. The molecule has 1 fully saturated rings. The third-order valence-electron chi connectivity index (χ3n) is 5.77. The first kappa shape index (κ1) is 23.4. The van der Waals surface area contributed by atoms with Crippen LogP contribution in [0.5, 0.6) is 11.5 Å². The number of imidazole rings is 1. The molecule has 176 valence electrons. The summed E-state index contributed by atoms with van der Waals surface area (Å²) < 4.78 is 12.3. The van der Waals surface area contributed by atoms with Crippen LogP contribution in [0.4, 0.5) is 0 Å². The summed E-state index contributed by atoms with van der Waals surface area (Å²) in [6.07, 6.45) is 5.82. The first-order valence-corrected chi connectivity index (χ1v) is 11.0. The zero-order chi connectivity index (χ0) is 24.2. The number of aryl methyl sites for hydroxylation is 1. The predicted octanol–water partition coefficient (Wildman–Crippen LogP) is 4.07. The van der Waals surface area contributed by atoms with E-state index in [0.29, 0.717) is 42.1 Å². The Kier molecular flexibility index (Phi) is 6.88. The molecule has 1 atom stereocenters. The largest absolute Gasteiger partial charge is 0.507 e. The summed E-state index contributed by atoms with van der Waals surface area (Å²) in [5.41, 5.74) is 1.02. The van der Waals surface area contributed by atoms with Crippen LogP contribution in [-0.4, -0.2) is 52.0 Å². The molecule has 0 unspecified atom stereocenters. The number of aliphatic hydroxyl groups excluding tert-OH is 1. The van der Waals surface area contributed by atoms with Gasteiger partial charge in [-0.05, 0) is 42.3 Å². The molecule has 8 nitrogen and oxygen atoms in total. The van der Waals surface area contributed by atoms with E-state index in [-0.39, 0.29) is 16.4 Å². The van der Waals surface area contributed by atoms with Gasteiger partial charge in [-0.1, -0.05) is 23.7 Å². The van der Waals surface area contributed by atoms with Crippen LogP contribution in [0.3, 0.4) is 0 Å². The second-order valence-electron chi connectivity index (χ2n) is 7.77.